The van der Waals surface area contributed by atoms with Crippen LogP contribution in [-0.2, 0) is 12.5 Å². The van der Waals surface area contributed by atoms with Crippen LogP contribution >= 0.6 is 0 Å². The van der Waals surface area contributed by atoms with Crippen LogP contribution in [0.25, 0.3) is 10.9 Å². The Balaban J connectivity index is 1.69. The predicted octanol–water partition coefficient (Wildman–Crippen LogP) is -0.527. The normalized spacial score (nSPS) is 29.4. The van der Waals surface area contributed by atoms with Gasteiger partial charge in [0, 0.05) is 101 Å². The average Bonchev–Trinajstić information content (AvgIpc) is 2.80. The van der Waals surface area contributed by atoms with Gasteiger partial charge in [0.15, 0.2) is 6.20 Å². The number of aromatic nitrogens is 1. The molecule has 5 rings (SSSR count). The number of pyridine rings is 1. The molecule has 0 saturated carbocycles. The Labute approximate surface area is 193 Å². The van der Waals surface area contributed by atoms with Crippen LogP contribution in [0.3, 0.4) is 0 Å². The van der Waals surface area contributed by atoms with Gasteiger partial charge in [0.25, 0.3) is 0 Å². The van der Waals surface area contributed by atoms with Crippen molar-refractivity contribution in [2.75, 3.05) is 78.5 Å². The second-order valence-corrected chi connectivity index (χ2v) is 10.0. The zero-order chi connectivity index (χ0) is 22.3. The summed E-state index contributed by atoms with van der Waals surface area (Å²) in [6.45, 7) is 14.1. The molecule has 3 fully saturated rings. The van der Waals surface area contributed by atoms with Gasteiger partial charge in [0.1, 0.15) is 7.05 Å². The molecule has 2 bridgehead atoms. The van der Waals surface area contributed by atoms with Crippen molar-refractivity contribution < 1.29 is 4.57 Å². The highest BCUT2D eigenvalue weighted by molar-refractivity contribution is 5.80. The number of rotatable bonds is 1. The van der Waals surface area contributed by atoms with E-state index in [0.717, 1.165) is 78.5 Å². The molecule has 0 radical (unpaired) electrons. The fraction of sp³-hybridized carbons (Fsp3) is 0.640. The minimum atomic E-state index is -0.0450. The van der Waals surface area contributed by atoms with Crippen molar-refractivity contribution in [3.63, 3.8) is 0 Å². The van der Waals surface area contributed by atoms with Gasteiger partial charge in [0.2, 0.25) is 5.52 Å². The van der Waals surface area contributed by atoms with Gasteiger partial charge in [-0.1, -0.05) is 19.1 Å². The van der Waals surface area contributed by atoms with E-state index in [9.17, 15) is 0 Å². The molecule has 32 heavy (non-hydrogen) atoms. The average molecular weight is 441 g/mol. The van der Waals surface area contributed by atoms with Gasteiger partial charge < -0.3 is 31.9 Å². The van der Waals surface area contributed by atoms with Crippen LogP contribution in [0.5, 0.6) is 0 Å². The highest BCUT2D eigenvalue weighted by Gasteiger charge is 2.35. The highest BCUT2D eigenvalue weighted by Crippen LogP contribution is 2.29. The number of fused-ring (bicyclic) bond motifs is 16. The minimum absolute atomic E-state index is 0.0450. The Morgan fingerprint density at radius 2 is 1.12 bits per heavy atom. The Morgan fingerprint density at radius 1 is 0.656 bits per heavy atom. The van der Waals surface area contributed by atoms with Crippen LogP contribution in [0.2, 0.25) is 0 Å². The van der Waals surface area contributed by atoms with Gasteiger partial charge in [0.05, 0.1) is 5.39 Å². The SMILES string of the molecule is C[n+]1ccc(C23CNCCNCC(C)(CNCCNC2)CNCCNC3)c2ccccc21. The molecule has 7 heteroatoms. The topological polar surface area (TPSA) is 76.1 Å². The summed E-state index contributed by atoms with van der Waals surface area (Å²) >= 11 is 0. The lowest BCUT2D eigenvalue weighted by molar-refractivity contribution is -0.645. The second-order valence-electron chi connectivity index (χ2n) is 10.0. The monoisotopic (exact) mass is 440 g/mol. The number of benzene rings is 1. The molecule has 3 aliphatic rings. The lowest BCUT2D eigenvalue weighted by Gasteiger charge is -2.37. The van der Waals surface area contributed by atoms with Crippen molar-refractivity contribution in [1.29, 1.82) is 0 Å². The lowest BCUT2D eigenvalue weighted by atomic mass is 9.78. The maximum atomic E-state index is 3.80. The van der Waals surface area contributed by atoms with Crippen molar-refractivity contribution >= 4 is 10.9 Å². The first-order valence-corrected chi connectivity index (χ1v) is 12.2. The molecule has 0 spiro atoms. The minimum Gasteiger partial charge on any atom is -0.315 e. The molecule has 7 nitrogen and oxygen atoms in total. The van der Waals surface area contributed by atoms with Gasteiger partial charge in [-0.15, -0.1) is 0 Å². The Morgan fingerprint density at radius 3 is 1.66 bits per heavy atom. The van der Waals surface area contributed by atoms with Crippen molar-refractivity contribution in [3.8, 4) is 0 Å². The van der Waals surface area contributed by atoms with E-state index in [0.29, 0.717) is 0 Å². The summed E-state index contributed by atoms with van der Waals surface area (Å²) in [6, 6.07) is 11.1. The Kier molecular flexibility index (Phi) is 8.10. The first-order chi connectivity index (χ1) is 15.6. The number of hydrogen-bond donors (Lipinski definition) is 6. The van der Waals surface area contributed by atoms with Crippen molar-refractivity contribution in [2.45, 2.75) is 12.3 Å². The first-order valence-electron chi connectivity index (χ1n) is 12.2. The zero-order valence-corrected chi connectivity index (χ0v) is 19.9. The van der Waals surface area contributed by atoms with Gasteiger partial charge in [-0.3, -0.25) is 0 Å². The summed E-state index contributed by atoms with van der Waals surface area (Å²) in [6.07, 6.45) is 2.22. The molecule has 0 amide bonds. The van der Waals surface area contributed by atoms with E-state index >= 15 is 0 Å². The third-order valence-electron chi connectivity index (χ3n) is 7.09. The Bertz CT molecular complexity index is 825. The van der Waals surface area contributed by atoms with E-state index in [1.807, 2.05) is 0 Å². The van der Waals surface area contributed by atoms with Gasteiger partial charge in [-0.25, -0.2) is 4.57 Å². The predicted molar refractivity (Wildman–Crippen MR) is 132 cm³/mol. The maximum absolute atomic E-state index is 3.80. The standard InChI is InChI=1S/C25H42N7/c1-24-15-26-8-11-29-18-25(19-30-12-9-27-16-24,20-31-13-10-28-17-24)22-7-14-32(2)23-6-4-3-5-21(22)23/h3-7,14,26-31H,8-13,15-20H2,1-2H3/q+1. The lowest BCUT2D eigenvalue weighted by Crippen LogP contribution is -2.56. The number of hydrogen-bond acceptors (Lipinski definition) is 6. The molecule has 0 unspecified atom stereocenters. The molecule has 1 aromatic carbocycles. The zero-order valence-electron chi connectivity index (χ0n) is 19.9. The molecule has 4 heterocycles. The van der Waals surface area contributed by atoms with E-state index in [4.69, 9.17) is 0 Å². The molecule has 3 saturated heterocycles. The summed E-state index contributed by atoms with van der Waals surface area (Å²) < 4.78 is 2.23. The van der Waals surface area contributed by atoms with Crippen molar-refractivity contribution in [1.82, 2.24) is 31.9 Å². The fourth-order valence-corrected chi connectivity index (χ4v) is 5.17. The van der Waals surface area contributed by atoms with E-state index in [1.165, 1.54) is 16.5 Å². The summed E-state index contributed by atoms with van der Waals surface area (Å²) in [7, 11) is 2.14. The maximum Gasteiger partial charge on any atom is 0.212 e. The molecule has 2 aromatic rings. The molecule has 0 aliphatic carbocycles. The number of para-hydroxylation sites is 1. The van der Waals surface area contributed by atoms with Crippen LogP contribution in [-0.4, -0.2) is 78.5 Å². The molecule has 0 atom stereocenters. The number of nitrogens with one attached hydrogen (secondary N) is 6. The molecular formula is C25H42N7+. The number of aryl methyl sites for hydroxylation is 1. The van der Waals surface area contributed by atoms with E-state index in [-0.39, 0.29) is 10.8 Å². The second kappa shape index (κ2) is 11.0. The molecule has 1 aromatic heterocycles. The van der Waals surface area contributed by atoms with Crippen LogP contribution in [0.1, 0.15) is 12.5 Å². The molecule has 6 N–H and O–H groups in total. The van der Waals surface area contributed by atoms with E-state index in [1.54, 1.807) is 0 Å². The van der Waals surface area contributed by atoms with Gasteiger partial charge >= 0.3 is 0 Å². The largest absolute Gasteiger partial charge is 0.315 e. The summed E-state index contributed by atoms with van der Waals surface area (Å²) in [5, 5.41) is 23.8. The summed E-state index contributed by atoms with van der Waals surface area (Å²) in [5.74, 6) is 0. The van der Waals surface area contributed by atoms with Crippen LogP contribution in [0.4, 0.5) is 0 Å². The van der Waals surface area contributed by atoms with Crippen LogP contribution in [0, 0.1) is 5.41 Å². The first kappa shape index (κ1) is 23.5. The molecule has 176 valence electrons. The third kappa shape index (κ3) is 5.65. The molecule has 3 aliphatic heterocycles. The highest BCUT2D eigenvalue weighted by atomic mass is 15.1. The quantitative estimate of drug-likeness (QED) is 0.335. The Hall–Kier alpha value is -1.61. The van der Waals surface area contributed by atoms with Gasteiger partial charge in [-0.05, 0) is 11.6 Å². The summed E-state index contributed by atoms with van der Waals surface area (Å²) in [5.41, 5.74) is 2.86. The number of nitrogens with zero attached hydrogens (tertiary/aromatic N) is 1. The molecular weight excluding hydrogens is 398 g/mol. The summed E-state index contributed by atoms with van der Waals surface area (Å²) in [4.78, 5) is 0. The fourth-order valence-electron chi connectivity index (χ4n) is 5.17. The van der Waals surface area contributed by atoms with Crippen LogP contribution in [0.15, 0.2) is 36.5 Å². The van der Waals surface area contributed by atoms with Crippen LogP contribution < -0.4 is 36.5 Å². The van der Waals surface area contributed by atoms with Crippen molar-refractivity contribution in [3.05, 3.63) is 42.1 Å². The van der Waals surface area contributed by atoms with Gasteiger partial charge in [-0.2, -0.15) is 0 Å². The smallest absolute Gasteiger partial charge is 0.212 e. The van der Waals surface area contributed by atoms with E-state index < -0.39 is 0 Å². The third-order valence-corrected chi connectivity index (χ3v) is 7.09. The van der Waals surface area contributed by atoms with E-state index in [2.05, 4.69) is 87.0 Å². The van der Waals surface area contributed by atoms with Crippen molar-refractivity contribution in [2.24, 2.45) is 12.5 Å².